The van der Waals surface area contributed by atoms with Crippen LogP contribution in [0.5, 0.6) is 0 Å². The van der Waals surface area contributed by atoms with Crippen molar-refractivity contribution in [1.82, 2.24) is 4.90 Å². The Morgan fingerprint density at radius 1 is 1.20 bits per heavy atom. The largest absolute Gasteiger partial charge is 0.300 e. The quantitative estimate of drug-likeness (QED) is 0.681. The van der Waals surface area contributed by atoms with Gasteiger partial charge in [0.2, 0.25) is 0 Å². The summed E-state index contributed by atoms with van der Waals surface area (Å²) in [5, 5.41) is 0. The molecule has 0 spiro atoms. The van der Waals surface area contributed by atoms with E-state index in [2.05, 4.69) is 39.5 Å². The molecule has 2 unspecified atom stereocenters. The molecule has 1 heteroatoms. The number of hydrogen-bond acceptors (Lipinski definition) is 1. The van der Waals surface area contributed by atoms with Gasteiger partial charge in [0, 0.05) is 12.6 Å². The molecule has 0 bridgehead atoms. The first-order valence-corrected chi connectivity index (χ1v) is 6.73. The van der Waals surface area contributed by atoms with Crippen LogP contribution in [0.1, 0.15) is 60.3 Å². The van der Waals surface area contributed by atoms with E-state index in [0.29, 0.717) is 5.41 Å². The Hall–Kier alpha value is -0.0400. The molecule has 1 nitrogen and oxygen atoms in total. The highest BCUT2D eigenvalue weighted by Crippen LogP contribution is 2.37. The minimum Gasteiger partial charge on any atom is -0.300 e. The minimum atomic E-state index is 0.494. The summed E-state index contributed by atoms with van der Waals surface area (Å²) in [5.74, 6) is 0.902. The molecule has 1 fully saturated rings. The molecular weight excluding hydrogens is 182 g/mol. The maximum atomic E-state index is 2.74. The molecule has 0 saturated carbocycles. The number of likely N-dealkylation sites (tertiary alicyclic amines) is 1. The zero-order chi connectivity index (χ0) is 11.5. The zero-order valence-corrected chi connectivity index (χ0v) is 11.3. The third kappa shape index (κ3) is 3.48. The lowest BCUT2D eigenvalue weighted by molar-refractivity contribution is 0.215. The fraction of sp³-hybridized carbons (Fsp3) is 1.00. The molecule has 0 aromatic rings. The van der Waals surface area contributed by atoms with Gasteiger partial charge in [0.25, 0.3) is 0 Å². The van der Waals surface area contributed by atoms with E-state index in [-0.39, 0.29) is 0 Å². The van der Waals surface area contributed by atoms with Gasteiger partial charge in [-0.05, 0) is 37.1 Å². The van der Waals surface area contributed by atoms with Gasteiger partial charge in [0.05, 0.1) is 0 Å². The molecule has 1 saturated heterocycles. The molecule has 0 aliphatic carbocycles. The van der Waals surface area contributed by atoms with Crippen LogP contribution in [-0.4, -0.2) is 24.0 Å². The van der Waals surface area contributed by atoms with Gasteiger partial charge in [-0.15, -0.1) is 0 Å². The van der Waals surface area contributed by atoms with Crippen molar-refractivity contribution >= 4 is 0 Å². The van der Waals surface area contributed by atoms with E-state index in [4.69, 9.17) is 0 Å². The van der Waals surface area contributed by atoms with Crippen LogP contribution < -0.4 is 0 Å². The Morgan fingerprint density at radius 2 is 1.87 bits per heavy atom. The van der Waals surface area contributed by atoms with Crippen molar-refractivity contribution in [3.63, 3.8) is 0 Å². The lowest BCUT2D eigenvalue weighted by atomic mass is 9.79. The number of unbranched alkanes of at least 4 members (excludes halogenated alkanes) is 1. The topological polar surface area (TPSA) is 3.24 Å². The fourth-order valence-electron chi connectivity index (χ4n) is 2.67. The Balaban J connectivity index is 2.51. The lowest BCUT2D eigenvalue weighted by Gasteiger charge is -2.27. The second kappa shape index (κ2) is 5.34. The molecular formula is C14H29N. The Kier molecular flexibility index (Phi) is 4.64. The van der Waals surface area contributed by atoms with Crippen LogP contribution in [0.4, 0.5) is 0 Å². The van der Waals surface area contributed by atoms with E-state index in [9.17, 15) is 0 Å². The normalized spacial score (nSPS) is 28.6. The highest BCUT2D eigenvalue weighted by Gasteiger charge is 2.36. The van der Waals surface area contributed by atoms with E-state index >= 15 is 0 Å². The monoisotopic (exact) mass is 211 g/mol. The van der Waals surface area contributed by atoms with Crippen molar-refractivity contribution in [3.8, 4) is 0 Å². The van der Waals surface area contributed by atoms with E-state index in [1.54, 1.807) is 0 Å². The second-order valence-corrected chi connectivity index (χ2v) is 6.21. The third-order valence-corrected chi connectivity index (χ3v) is 4.02. The number of nitrogens with zero attached hydrogens (tertiary/aromatic N) is 1. The fourth-order valence-corrected chi connectivity index (χ4v) is 2.67. The average molecular weight is 211 g/mol. The molecule has 2 atom stereocenters. The zero-order valence-electron chi connectivity index (χ0n) is 11.3. The van der Waals surface area contributed by atoms with Crippen molar-refractivity contribution in [2.24, 2.45) is 11.3 Å². The van der Waals surface area contributed by atoms with Crippen LogP contribution in [0.2, 0.25) is 0 Å². The predicted molar refractivity (Wildman–Crippen MR) is 68.1 cm³/mol. The van der Waals surface area contributed by atoms with Gasteiger partial charge in [0.15, 0.2) is 0 Å². The van der Waals surface area contributed by atoms with E-state index in [1.807, 2.05) is 0 Å². The molecule has 0 aromatic carbocycles. The van der Waals surface area contributed by atoms with Crippen LogP contribution >= 0.6 is 0 Å². The van der Waals surface area contributed by atoms with Gasteiger partial charge < -0.3 is 4.90 Å². The maximum absolute atomic E-state index is 2.74. The lowest BCUT2D eigenvalue weighted by Crippen LogP contribution is -2.30. The molecule has 90 valence electrons. The Labute approximate surface area is 96.2 Å². The van der Waals surface area contributed by atoms with Crippen LogP contribution in [0.25, 0.3) is 0 Å². The van der Waals surface area contributed by atoms with Crippen molar-refractivity contribution in [3.05, 3.63) is 0 Å². The van der Waals surface area contributed by atoms with Crippen LogP contribution in [0, 0.1) is 11.3 Å². The summed E-state index contributed by atoms with van der Waals surface area (Å²) < 4.78 is 0. The SMILES string of the molecule is CCCCN1CC(C(C)(C)C)CC1CC. The van der Waals surface area contributed by atoms with Crippen LogP contribution in [-0.2, 0) is 0 Å². The molecule has 0 N–H and O–H groups in total. The van der Waals surface area contributed by atoms with E-state index in [1.165, 1.54) is 38.8 Å². The summed E-state index contributed by atoms with van der Waals surface area (Å²) in [4.78, 5) is 2.74. The first-order valence-electron chi connectivity index (χ1n) is 6.73. The number of hydrogen-bond donors (Lipinski definition) is 0. The van der Waals surface area contributed by atoms with Gasteiger partial charge >= 0.3 is 0 Å². The smallest absolute Gasteiger partial charge is 0.00960 e. The highest BCUT2D eigenvalue weighted by molar-refractivity contribution is 4.89. The average Bonchev–Trinajstić information content (AvgIpc) is 2.57. The highest BCUT2D eigenvalue weighted by atomic mass is 15.2. The molecule has 0 amide bonds. The van der Waals surface area contributed by atoms with Gasteiger partial charge in [-0.2, -0.15) is 0 Å². The maximum Gasteiger partial charge on any atom is 0.00960 e. The molecule has 15 heavy (non-hydrogen) atoms. The summed E-state index contributed by atoms with van der Waals surface area (Å²) in [7, 11) is 0. The minimum absolute atomic E-state index is 0.494. The summed E-state index contributed by atoms with van der Waals surface area (Å²) in [5.41, 5.74) is 0.494. The standard InChI is InChI=1S/C14H29N/c1-6-8-9-15-11-12(14(3,4)5)10-13(15)7-2/h12-13H,6-11H2,1-5H3. The summed E-state index contributed by atoms with van der Waals surface area (Å²) in [6.45, 7) is 14.5. The van der Waals surface area contributed by atoms with Gasteiger partial charge in [0.1, 0.15) is 0 Å². The van der Waals surface area contributed by atoms with Crippen molar-refractivity contribution < 1.29 is 0 Å². The van der Waals surface area contributed by atoms with Crippen LogP contribution in [0.3, 0.4) is 0 Å². The van der Waals surface area contributed by atoms with Crippen molar-refractivity contribution in [2.75, 3.05) is 13.1 Å². The summed E-state index contributed by atoms with van der Waals surface area (Å²) >= 11 is 0. The number of rotatable bonds is 4. The Morgan fingerprint density at radius 3 is 2.33 bits per heavy atom. The van der Waals surface area contributed by atoms with Crippen molar-refractivity contribution in [2.45, 2.75) is 66.3 Å². The molecule has 0 radical (unpaired) electrons. The predicted octanol–water partition coefficient (Wildman–Crippen LogP) is 3.93. The third-order valence-electron chi connectivity index (χ3n) is 4.02. The van der Waals surface area contributed by atoms with Gasteiger partial charge in [-0.1, -0.05) is 41.0 Å². The molecule has 1 aliphatic rings. The second-order valence-electron chi connectivity index (χ2n) is 6.21. The molecule has 1 rings (SSSR count). The summed E-state index contributed by atoms with van der Waals surface area (Å²) in [6.07, 6.45) is 5.44. The first-order chi connectivity index (χ1) is 6.99. The molecule has 0 aromatic heterocycles. The first kappa shape index (κ1) is 13.0. The van der Waals surface area contributed by atoms with Gasteiger partial charge in [-0.3, -0.25) is 0 Å². The van der Waals surface area contributed by atoms with Crippen LogP contribution in [0.15, 0.2) is 0 Å². The Bertz CT molecular complexity index is 180. The van der Waals surface area contributed by atoms with E-state index < -0.39 is 0 Å². The summed E-state index contributed by atoms with van der Waals surface area (Å²) in [6, 6.07) is 0.862. The molecule has 1 heterocycles. The van der Waals surface area contributed by atoms with Gasteiger partial charge in [-0.25, -0.2) is 0 Å². The van der Waals surface area contributed by atoms with E-state index in [0.717, 1.165) is 12.0 Å². The van der Waals surface area contributed by atoms with Crippen molar-refractivity contribution in [1.29, 1.82) is 0 Å². The molecule has 1 aliphatic heterocycles.